The van der Waals surface area contributed by atoms with Crippen molar-refractivity contribution in [3.63, 3.8) is 0 Å². The molecule has 1 unspecified atom stereocenters. The molecule has 118 valence electrons. The smallest absolute Gasteiger partial charge is 0.398 e. The van der Waals surface area contributed by atoms with E-state index in [1.807, 2.05) is 13.8 Å². The molecule has 3 nitrogen and oxygen atoms in total. The number of amides is 1. The molecule has 0 saturated carbocycles. The van der Waals surface area contributed by atoms with Crippen LogP contribution in [0.5, 0.6) is 0 Å². The minimum absolute atomic E-state index is 0.0356. The second kappa shape index (κ2) is 7.59. The normalized spacial score (nSPS) is 13.0. The average molecular weight is 320 g/mol. The molecule has 0 fully saturated rings. The molecule has 0 saturated heterocycles. The summed E-state index contributed by atoms with van der Waals surface area (Å²) in [5.74, 6) is 1.37. The van der Waals surface area contributed by atoms with Gasteiger partial charge in [0, 0.05) is 17.3 Å². The Balaban J connectivity index is 2.75. The van der Waals surface area contributed by atoms with Gasteiger partial charge in [-0.3, -0.25) is 4.79 Å². The van der Waals surface area contributed by atoms with Crippen molar-refractivity contribution >= 4 is 23.4 Å². The predicted octanol–water partition coefficient (Wildman–Crippen LogP) is 3.55. The van der Waals surface area contributed by atoms with Gasteiger partial charge in [0.15, 0.2) is 0 Å². The number of carbonyl (C=O) groups is 1. The van der Waals surface area contributed by atoms with Crippen LogP contribution in [0, 0.1) is 0 Å². The maximum atomic E-state index is 12.7. The first-order valence-corrected chi connectivity index (χ1v) is 7.76. The van der Waals surface area contributed by atoms with Crippen LogP contribution in [0.3, 0.4) is 0 Å². The lowest BCUT2D eigenvalue weighted by Crippen LogP contribution is -2.33. The lowest BCUT2D eigenvalue weighted by molar-refractivity contribution is -0.136. The van der Waals surface area contributed by atoms with Crippen molar-refractivity contribution in [1.82, 2.24) is 5.32 Å². The second-order valence-corrected chi connectivity index (χ2v) is 6.05. The minimum atomic E-state index is -4.57. The Morgan fingerprint density at radius 2 is 2.10 bits per heavy atom. The number of hydrogen-bond donors (Lipinski definition) is 2. The largest absolute Gasteiger partial charge is 0.418 e. The maximum absolute atomic E-state index is 12.7. The van der Waals surface area contributed by atoms with Crippen molar-refractivity contribution in [3.8, 4) is 0 Å². The highest BCUT2D eigenvalue weighted by Crippen LogP contribution is 2.34. The monoisotopic (exact) mass is 320 g/mol. The number of hydrogen-bond acceptors (Lipinski definition) is 3. The third-order valence-corrected chi connectivity index (χ3v) is 3.83. The SMILES string of the molecule is CCSCCC(C)NC(=O)c1ccc(N)c(C(F)(F)F)c1. The van der Waals surface area contributed by atoms with E-state index in [0.29, 0.717) is 0 Å². The quantitative estimate of drug-likeness (QED) is 0.622. The summed E-state index contributed by atoms with van der Waals surface area (Å²) in [7, 11) is 0. The van der Waals surface area contributed by atoms with Crippen molar-refractivity contribution in [3.05, 3.63) is 29.3 Å². The van der Waals surface area contributed by atoms with Crippen LogP contribution in [0.1, 0.15) is 36.2 Å². The van der Waals surface area contributed by atoms with Crippen molar-refractivity contribution in [1.29, 1.82) is 0 Å². The van der Waals surface area contributed by atoms with Crippen LogP contribution in [-0.4, -0.2) is 23.5 Å². The maximum Gasteiger partial charge on any atom is 0.418 e. The summed E-state index contributed by atoms with van der Waals surface area (Å²) in [6.45, 7) is 3.87. The molecular formula is C14H19F3N2OS. The van der Waals surface area contributed by atoms with Gasteiger partial charge in [-0.2, -0.15) is 24.9 Å². The molecule has 1 rings (SSSR count). The summed E-state index contributed by atoms with van der Waals surface area (Å²) in [5.41, 5.74) is 3.90. The third-order valence-electron chi connectivity index (χ3n) is 2.90. The van der Waals surface area contributed by atoms with Crippen molar-refractivity contribution in [2.75, 3.05) is 17.2 Å². The molecule has 0 radical (unpaired) electrons. The molecular weight excluding hydrogens is 301 g/mol. The predicted molar refractivity (Wildman–Crippen MR) is 80.4 cm³/mol. The number of thioether (sulfide) groups is 1. The van der Waals surface area contributed by atoms with Gasteiger partial charge in [-0.05, 0) is 43.0 Å². The number of rotatable bonds is 6. The number of anilines is 1. The number of alkyl halides is 3. The van der Waals surface area contributed by atoms with E-state index in [2.05, 4.69) is 5.32 Å². The Labute approximate surface area is 126 Å². The van der Waals surface area contributed by atoms with E-state index in [1.54, 1.807) is 11.8 Å². The van der Waals surface area contributed by atoms with E-state index in [1.165, 1.54) is 6.07 Å². The van der Waals surface area contributed by atoms with Gasteiger partial charge in [0.05, 0.1) is 5.56 Å². The van der Waals surface area contributed by atoms with E-state index in [9.17, 15) is 18.0 Å². The number of nitrogens with one attached hydrogen (secondary N) is 1. The topological polar surface area (TPSA) is 55.1 Å². The van der Waals surface area contributed by atoms with Gasteiger partial charge < -0.3 is 11.1 Å². The van der Waals surface area contributed by atoms with Gasteiger partial charge >= 0.3 is 6.18 Å². The van der Waals surface area contributed by atoms with E-state index in [-0.39, 0.29) is 17.3 Å². The first-order chi connectivity index (χ1) is 9.75. The highest BCUT2D eigenvalue weighted by atomic mass is 32.2. The fraction of sp³-hybridized carbons (Fsp3) is 0.500. The van der Waals surface area contributed by atoms with Gasteiger partial charge in [0.2, 0.25) is 0 Å². The molecule has 0 spiro atoms. The van der Waals surface area contributed by atoms with Crippen LogP contribution >= 0.6 is 11.8 Å². The summed E-state index contributed by atoms with van der Waals surface area (Å²) >= 11 is 1.75. The third kappa shape index (κ3) is 5.49. The second-order valence-electron chi connectivity index (χ2n) is 4.66. The van der Waals surface area contributed by atoms with Crippen molar-refractivity contribution in [2.24, 2.45) is 0 Å². The molecule has 0 heterocycles. The summed E-state index contributed by atoms with van der Waals surface area (Å²) in [6, 6.07) is 3.10. The molecule has 1 aromatic rings. The zero-order valence-electron chi connectivity index (χ0n) is 12.0. The van der Waals surface area contributed by atoms with Gasteiger partial charge in [-0.25, -0.2) is 0 Å². The Kier molecular flexibility index (Phi) is 6.39. The summed E-state index contributed by atoms with van der Waals surface area (Å²) < 4.78 is 38.2. The summed E-state index contributed by atoms with van der Waals surface area (Å²) in [6.07, 6.45) is -3.80. The molecule has 1 amide bonds. The average Bonchev–Trinajstić information content (AvgIpc) is 2.38. The van der Waals surface area contributed by atoms with Gasteiger partial charge in [-0.15, -0.1) is 0 Å². The minimum Gasteiger partial charge on any atom is -0.398 e. The summed E-state index contributed by atoms with van der Waals surface area (Å²) in [5, 5.41) is 2.69. The standard InChI is InChI=1S/C14H19F3N2OS/c1-3-21-7-6-9(2)19-13(20)10-4-5-12(18)11(8-10)14(15,16)17/h4-5,8-9H,3,6-7,18H2,1-2H3,(H,19,20). The van der Waals surface area contributed by atoms with E-state index >= 15 is 0 Å². The van der Waals surface area contributed by atoms with Crippen molar-refractivity contribution in [2.45, 2.75) is 32.5 Å². The van der Waals surface area contributed by atoms with E-state index in [0.717, 1.165) is 30.1 Å². The zero-order valence-corrected chi connectivity index (χ0v) is 12.8. The molecule has 7 heteroatoms. The van der Waals surface area contributed by atoms with Crippen LogP contribution in [-0.2, 0) is 6.18 Å². The zero-order chi connectivity index (χ0) is 16.0. The van der Waals surface area contributed by atoms with Gasteiger partial charge in [-0.1, -0.05) is 6.92 Å². The first kappa shape index (κ1) is 17.7. The molecule has 0 aliphatic rings. The molecule has 0 aliphatic heterocycles. The fourth-order valence-electron chi connectivity index (χ4n) is 1.73. The number of halogens is 3. The molecule has 0 aliphatic carbocycles. The highest BCUT2D eigenvalue weighted by Gasteiger charge is 2.33. The van der Waals surface area contributed by atoms with Crippen LogP contribution < -0.4 is 11.1 Å². The fourth-order valence-corrected chi connectivity index (χ4v) is 2.54. The lowest BCUT2D eigenvalue weighted by atomic mass is 10.1. The summed E-state index contributed by atoms with van der Waals surface area (Å²) in [4.78, 5) is 12.0. The molecule has 1 aromatic carbocycles. The van der Waals surface area contributed by atoms with Crippen LogP contribution in [0.4, 0.5) is 18.9 Å². The number of nitrogens with two attached hydrogens (primary N) is 1. The van der Waals surface area contributed by atoms with E-state index < -0.39 is 17.6 Å². The van der Waals surface area contributed by atoms with Crippen LogP contribution in [0.15, 0.2) is 18.2 Å². The van der Waals surface area contributed by atoms with E-state index in [4.69, 9.17) is 5.73 Å². The van der Waals surface area contributed by atoms with Crippen LogP contribution in [0.25, 0.3) is 0 Å². The molecule has 0 bridgehead atoms. The molecule has 21 heavy (non-hydrogen) atoms. The number of nitrogen functional groups attached to an aromatic ring is 1. The molecule has 3 N–H and O–H groups in total. The Morgan fingerprint density at radius 3 is 2.67 bits per heavy atom. The molecule has 1 atom stereocenters. The number of carbonyl (C=O) groups excluding carboxylic acids is 1. The lowest BCUT2D eigenvalue weighted by Gasteiger charge is -2.15. The Morgan fingerprint density at radius 1 is 1.43 bits per heavy atom. The Bertz CT molecular complexity index is 492. The van der Waals surface area contributed by atoms with Gasteiger partial charge in [0.1, 0.15) is 0 Å². The highest BCUT2D eigenvalue weighted by molar-refractivity contribution is 7.99. The van der Waals surface area contributed by atoms with Crippen molar-refractivity contribution < 1.29 is 18.0 Å². The van der Waals surface area contributed by atoms with Crippen LogP contribution in [0.2, 0.25) is 0 Å². The number of benzene rings is 1. The Hall–Kier alpha value is -1.37. The van der Waals surface area contributed by atoms with Gasteiger partial charge in [0.25, 0.3) is 5.91 Å². The first-order valence-electron chi connectivity index (χ1n) is 6.61. The molecule has 0 aromatic heterocycles.